The number of likely N-dealkylation sites (N-methyl/N-ethyl adjacent to an activating group) is 1. The molecule has 7 nitrogen and oxygen atoms in total. The molecular weight excluding hydrogens is 442 g/mol. The fraction of sp³-hybridized carbons (Fsp3) is 0.320. The molecule has 0 bridgehead atoms. The van der Waals surface area contributed by atoms with Crippen LogP contribution in [0.1, 0.15) is 22.5 Å². The fourth-order valence-corrected chi connectivity index (χ4v) is 4.07. The maximum absolute atomic E-state index is 14.0. The van der Waals surface area contributed by atoms with E-state index in [1.807, 2.05) is 30.3 Å². The van der Waals surface area contributed by atoms with Crippen LogP contribution in [-0.4, -0.2) is 54.6 Å². The Bertz CT molecular complexity index is 1150. The molecule has 1 aliphatic heterocycles. The largest absolute Gasteiger partial charge is 0.355 e. The van der Waals surface area contributed by atoms with E-state index in [1.54, 1.807) is 11.9 Å². The first-order chi connectivity index (χ1) is 16.4. The summed E-state index contributed by atoms with van der Waals surface area (Å²) in [6, 6.07) is 13.9. The molecule has 2 atom stereocenters. The van der Waals surface area contributed by atoms with Gasteiger partial charge in [-0.15, -0.1) is 0 Å². The van der Waals surface area contributed by atoms with Crippen LogP contribution >= 0.6 is 0 Å². The van der Waals surface area contributed by atoms with Crippen molar-refractivity contribution in [2.24, 2.45) is 5.92 Å². The molecule has 0 aliphatic carbocycles. The van der Waals surface area contributed by atoms with Crippen LogP contribution in [0.15, 0.2) is 59.1 Å². The number of nitrogens with zero attached hydrogens (tertiary/aromatic N) is 2. The SMILES string of the molecule is CN(CCc1ccccc1)C(=O)C1CNCCC1NC(=O)c1cc(-c2ccc(F)cc2F)on1. The molecule has 1 fully saturated rings. The summed E-state index contributed by atoms with van der Waals surface area (Å²) in [4.78, 5) is 27.6. The lowest BCUT2D eigenvalue weighted by Crippen LogP contribution is -2.55. The summed E-state index contributed by atoms with van der Waals surface area (Å²) in [6.45, 7) is 1.67. The zero-order valence-electron chi connectivity index (χ0n) is 18.8. The molecular formula is C25H26F2N4O3. The molecule has 4 rings (SSSR count). The van der Waals surface area contributed by atoms with Crippen molar-refractivity contribution in [3.8, 4) is 11.3 Å². The van der Waals surface area contributed by atoms with Crippen LogP contribution in [0.2, 0.25) is 0 Å². The molecule has 9 heteroatoms. The summed E-state index contributed by atoms with van der Waals surface area (Å²) >= 11 is 0. The molecule has 2 N–H and O–H groups in total. The standard InChI is InChI=1S/C25H26F2N4O3/c1-31(12-10-16-5-3-2-4-6-16)25(33)19-15-28-11-9-21(19)29-24(32)22-14-23(34-30-22)18-8-7-17(26)13-20(18)27/h2-8,13-14,19,21,28H,9-12,15H2,1H3,(H,29,32). The number of halogens is 2. The molecule has 2 unspecified atom stereocenters. The lowest BCUT2D eigenvalue weighted by Gasteiger charge is -2.34. The Morgan fingerprint density at radius 2 is 1.97 bits per heavy atom. The van der Waals surface area contributed by atoms with Crippen molar-refractivity contribution in [1.82, 2.24) is 20.7 Å². The van der Waals surface area contributed by atoms with Gasteiger partial charge in [0.1, 0.15) is 11.6 Å². The van der Waals surface area contributed by atoms with E-state index in [0.717, 1.165) is 24.1 Å². The summed E-state index contributed by atoms with van der Waals surface area (Å²) in [5.41, 5.74) is 1.11. The zero-order chi connectivity index (χ0) is 24.1. The van der Waals surface area contributed by atoms with Gasteiger partial charge in [-0.25, -0.2) is 8.78 Å². The van der Waals surface area contributed by atoms with Crippen molar-refractivity contribution in [2.45, 2.75) is 18.9 Å². The number of nitrogens with one attached hydrogen (secondary N) is 2. The molecule has 1 saturated heterocycles. The highest BCUT2D eigenvalue weighted by Crippen LogP contribution is 2.24. The molecule has 2 heterocycles. The average Bonchev–Trinajstić information content (AvgIpc) is 3.33. The van der Waals surface area contributed by atoms with Gasteiger partial charge in [0, 0.05) is 38.3 Å². The zero-order valence-corrected chi connectivity index (χ0v) is 18.8. The van der Waals surface area contributed by atoms with Crippen molar-refractivity contribution < 1.29 is 22.9 Å². The lowest BCUT2D eigenvalue weighted by atomic mass is 9.91. The Balaban J connectivity index is 1.40. The summed E-state index contributed by atoms with van der Waals surface area (Å²) in [6.07, 6.45) is 1.31. The molecule has 0 radical (unpaired) electrons. The lowest BCUT2D eigenvalue weighted by molar-refractivity contribution is -0.135. The van der Waals surface area contributed by atoms with E-state index in [0.29, 0.717) is 26.1 Å². The van der Waals surface area contributed by atoms with Gasteiger partial charge >= 0.3 is 0 Å². The van der Waals surface area contributed by atoms with Crippen LogP contribution in [0, 0.1) is 17.6 Å². The Morgan fingerprint density at radius 1 is 1.18 bits per heavy atom. The maximum Gasteiger partial charge on any atom is 0.273 e. The number of hydrogen-bond acceptors (Lipinski definition) is 5. The average molecular weight is 469 g/mol. The van der Waals surface area contributed by atoms with E-state index in [2.05, 4.69) is 15.8 Å². The molecule has 1 aromatic heterocycles. The molecule has 0 spiro atoms. The first-order valence-corrected chi connectivity index (χ1v) is 11.1. The van der Waals surface area contributed by atoms with Crippen LogP contribution < -0.4 is 10.6 Å². The van der Waals surface area contributed by atoms with E-state index in [1.165, 1.54) is 12.1 Å². The number of carbonyl (C=O) groups is 2. The number of carbonyl (C=O) groups excluding carboxylic acids is 2. The maximum atomic E-state index is 14.0. The monoisotopic (exact) mass is 468 g/mol. The van der Waals surface area contributed by atoms with Crippen LogP contribution in [-0.2, 0) is 11.2 Å². The van der Waals surface area contributed by atoms with E-state index in [4.69, 9.17) is 4.52 Å². The van der Waals surface area contributed by atoms with Crippen LogP contribution in [0.3, 0.4) is 0 Å². The Kier molecular flexibility index (Phi) is 7.32. The minimum atomic E-state index is -0.814. The predicted molar refractivity (Wildman–Crippen MR) is 122 cm³/mol. The Morgan fingerprint density at radius 3 is 2.74 bits per heavy atom. The van der Waals surface area contributed by atoms with Gasteiger partial charge in [0.15, 0.2) is 11.5 Å². The second-order valence-electron chi connectivity index (χ2n) is 8.38. The Labute approximate surface area is 196 Å². The van der Waals surface area contributed by atoms with Gasteiger partial charge in [-0.2, -0.15) is 0 Å². The summed E-state index contributed by atoms with van der Waals surface area (Å²) in [5.74, 6) is -2.52. The molecule has 0 saturated carbocycles. The second-order valence-corrected chi connectivity index (χ2v) is 8.38. The Hall–Kier alpha value is -3.59. The van der Waals surface area contributed by atoms with E-state index in [9.17, 15) is 18.4 Å². The first-order valence-electron chi connectivity index (χ1n) is 11.1. The number of aromatic nitrogens is 1. The van der Waals surface area contributed by atoms with Gasteiger partial charge in [0.2, 0.25) is 5.91 Å². The second kappa shape index (κ2) is 10.6. The molecule has 1 aliphatic rings. The van der Waals surface area contributed by atoms with Crippen molar-refractivity contribution >= 4 is 11.8 Å². The quantitative estimate of drug-likeness (QED) is 0.557. The highest BCUT2D eigenvalue weighted by atomic mass is 19.1. The molecule has 3 aromatic rings. The van der Waals surface area contributed by atoms with Crippen molar-refractivity contribution in [3.05, 3.63) is 77.5 Å². The number of amides is 2. The highest BCUT2D eigenvalue weighted by molar-refractivity contribution is 5.94. The third-order valence-corrected chi connectivity index (χ3v) is 6.01. The summed E-state index contributed by atoms with van der Waals surface area (Å²) in [5, 5.41) is 9.83. The highest BCUT2D eigenvalue weighted by Gasteiger charge is 2.34. The normalized spacial score (nSPS) is 17.9. The summed E-state index contributed by atoms with van der Waals surface area (Å²) in [7, 11) is 1.76. The minimum absolute atomic E-state index is 0.00270. The molecule has 34 heavy (non-hydrogen) atoms. The third kappa shape index (κ3) is 5.48. The van der Waals surface area contributed by atoms with Gasteiger partial charge in [0.25, 0.3) is 5.91 Å². The van der Waals surface area contributed by atoms with Crippen LogP contribution in [0.4, 0.5) is 8.78 Å². The number of rotatable bonds is 7. The van der Waals surface area contributed by atoms with Crippen molar-refractivity contribution in [3.63, 3.8) is 0 Å². The fourth-order valence-electron chi connectivity index (χ4n) is 4.07. The topological polar surface area (TPSA) is 87.5 Å². The van der Waals surface area contributed by atoms with Gasteiger partial charge < -0.3 is 20.1 Å². The number of benzene rings is 2. The number of piperidine rings is 1. The van der Waals surface area contributed by atoms with Crippen molar-refractivity contribution in [2.75, 3.05) is 26.7 Å². The van der Waals surface area contributed by atoms with E-state index >= 15 is 0 Å². The van der Waals surface area contributed by atoms with Crippen LogP contribution in [0.25, 0.3) is 11.3 Å². The van der Waals surface area contributed by atoms with Crippen molar-refractivity contribution in [1.29, 1.82) is 0 Å². The van der Waals surface area contributed by atoms with Gasteiger partial charge in [-0.1, -0.05) is 35.5 Å². The number of hydrogen-bond donors (Lipinski definition) is 2. The molecule has 2 amide bonds. The smallest absolute Gasteiger partial charge is 0.273 e. The molecule has 178 valence electrons. The van der Waals surface area contributed by atoms with Crippen LogP contribution in [0.5, 0.6) is 0 Å². The van der Waals surface area contributed by atoms with E-state index < -0.39 is 23.5 Å². The van der Waals surface area contributed by atoms with Gasteiger partial charge in [0.05, 0.1) is 11.5 Å². The first kappa shape index (κ1) is 23.6. The van der Waals surface area contributed by atoms with Gasteiger partial charge in [-0.05, 0) is 37.1 Å². The third-order valence-electron chi connectivity index (χ3n) is 6.01. The van der Waals surface area contributed by atoms with E-state index in [-0.39, 0.29) is 29.0 Å². The molecule has 2 aromatic carbocycles. The summed E-state index contributed by atoms with van der Waals surface area (Å²) < 4.78 is 32.3. The predicted octanol–water partition coefficient (Wildman–Crippen LogP) is 3.03. The van der Waals surface area contributed by atoms with Gasteiger partial charge in [-0.3, -0.25) is 9.59 Å². The minimum Gasteiger partial charge on any atom is -0.355 e.